The van der Waals surface area contributed by atoms with E-state index in [1.807, 2.05) is 6.07 Å². The molecule has 114 valence electrons. The summed E-state index contributed by atoms with van der Waals surface area (Å²) < 4.78 is 0. The maximum atomic E-state index is 5.87. The Balaban J connectivity index is 0.00000110. The lowest BCUT2D eigenvalue weighted by atomic mass is 10.0. The van der Waals surface area contributed by atoms with Crippen molar-refractivity contribution in [3.8, 4) is 0 Å². The van der Waals surface area contributed by atoms with Crippen LogP contribution in [-0.4, -0.2) is 0 Å². The van der Waals surface area contributed by atoms with Crippen LogP contribution in [0.1, 0.15) is 29.7 Å². The molecule has 2 aromatic rings. The van der Waals surface area contributed by atoms with Crippen molar-refractivity contribution in [2.75, 3.05) is 5.73 Å². The summed E-state index contributed by atoms with van der Waals surface area (Å²) >= 11 is 0. The number of rotatable bonds is 3. The minimum Gasteiger partial charge on any atom is -0.399 e. The topological polar surface area (TPSA) is 38.0 Å². The standard InChI is InChI=1S/C17H20N2.2ClH/c1-12-9-14-10-15(18)7-8-16(14)17(12)19-11-13-5-3-2-4-6-13;;/h2-8,10,12,17,19H,9,11,18H2,1H3;2*1H. The first-order chi connectivity index (χ1) is 9.24. The lowest BCUT2D eigenvalue weighted by Crippen LogP contribution is -2.23. The summed E-state index contributed by atoms with van der Waals surface area (Å²) in [5.41, 5.74) is 10.9. The van der Waals surface area contributed by atoms with Crippen LogP contribution in [0, 0.1) is 5.92 Å². The number of nitrogens with two attached hydrogens (primary N) is 1. The van der Waals surface area contributed by atoms with E-state index >= 15 is 0 Å². The molecule has 2 atom stereocenters. The first kappa shape index (κ1) is 17.8. The van der Waals surface area contributed by atoms with E-state index < -0.39 is 0 Å². The highest BCUT2D eigenvalue weighted by Gasteiger charge is 2.28. The van der Waals surface area contributed by atoms with Crippen molar-refractivity contribution < 1.29 is 0 Å². The number of hydrogen-bond donors (Lipinski definition) is 2. The fourth-order valence-electron chi connectivity index (χ4n) is 3.01. The predicted octanol–water partition coefficient (Wildman–Crippen LogP) is 4.14. The van der Waals surface area contributed by atoms with Crippen LogP contribution in [0.4, 0.5) is 5.69 Å². The van der Waals surface area contributed by atoms with Gasteiger partial charge in [-0.05, 0) is 41.2 Å². The smallest absolute Gasteiger partial charge is 0.0354 e. The zero-order chi connectivity index (χ0) is 13.2. The summed E-state index contributed by atoms with van der Waals surface area (Å²) in [5, 5.41) is 3.68. The fourth-order valence-corrected chi connectivity index (χ4v) is 3.01. The van der Waals surface area contributed by atoms with E-state index in [2.05, 4.69) is 54.7 Å². The molecule has 0 heterocycles. The van der Waals surface area contributed by atoms with Gasteiger partial charge in [-0.25, -0.2) is 0 Å². The van der Waals surface area contributed by atoms with Gasteiger partial charge in [-0.2, -0.15) is 0 Å². The molecule has 0 bridgehead atoms. The molecule has 1 aliphatic rings. The van der Waals surface area contributed by atoms with Gasteiger partial charge in [0.1, 0.15) is 0 Å². The Hall–Kier alpha value is -1.22. The fraction of sp³-hybridized carbons (Fsp3) is 0.294. The molecule has 0 aliphatic heterocycles. The van der Waals surface area contributed by atoms with Crippen molar-refractivity contribution in [1.29, 1.82) is 0 Å². The Labute approximate surface area is 139 Å². The van der Waals surface area contributed by atoms with E-state index in [0.717, 1.165) is 18.7 Å². The highest BCUT2D eigenvalue weighted by atomic mass is 35.5. The Morgan fingerprint density at radius 1 is 1.10 bits per heavy atom. The summed E-state index contributed by atoms with van der Waals surface area (Å²) in [6.45, 7) is 3.22. The number of fused-ring (bicyclic) bond motifs is 1. The van der Waals surface area contributed by atoms with Gasteiger partial charge < -0.3 is 11.1 Å². The second kappa shape index (κ2) is 7.69. The molecule has 3 rings (SSSR count). The van der Waals surface area contributed by atoms with E-state index in [9.17, 15) is 0 Å². The lowest BCUT2D eigenvalue weighted by Gasteiger charge is -2.19. The lowest BCUT2D eigenvalue weighted by molar-refractivity contribution is 0.415. The van der Waals surface area contributed by atoms with Gasteiger partial charge in [0.2, 0.25) is 0 Å². The molecule has 2 aromatic carbocycles. The molecule has 0 amide bonds. The largest absolute Gasteiger partial charge is 0.399 e. The molecule has 4 heteroatoms. The maximum absolute atomic E-state index is 5.87. The van der Waals surface area contributed by atoms with Crippen molar-refractivity contribution in [2.24, 2.45) is 5.92 Å². The second-order valence-corrected chi connectivity index (χ2v) is 5.48. The van der Waals surface area contributed by atoms with Gasteiger partial charge >= 0.3 is 0 Å². The van der Waals surface area contributed by atoms with E-state index in [0.29, 0.717) is 12.0 Å². The third-order valence-corrected chi connectivity index (χ3v) is 3.98. The molecule has 3 N–H and O–H groups in total. The molecule has 0 saturated heterocycles. The molecule has 21 heavy (non-hydrogen) atoms. The van der Waals surface area contributed by atoms with Crippen molar-refractivity contribution in [3.05, 3.63) is 65.2 Å². The SMILES string of the molecule is CC1Cc2cc(N)ccc2C1NCc1ccccc1.Cl.Cl. The average Bonchev–Trinajstić information content (AvgIpc) is 2.72. The van der Waals surface area contributed by atoms with E-state index in [-0.39, 0.29) is 24.8 Å². The van der Waals surface area contributed by atoms with E-state index in [4.69, 9.17) is 5.73 Å². The molecule has 2 unspecified atom stereocenters. The second-order valence-electron chi connectivity index (χ2n) is 5.48. The van der Waals surface area contributed by atoms with Crippen LogP contribution in [0.3, 0.4) is 0 Å². The number of nitrogen functional groups attached to an aromatic ring is 1. The summed E-state index contributed by atoms with van der Waals surface area (Å²) in [5.74, 6) is 0.625. The van der Waals surface area contributed by atoms with Crippen molar-refractivity contribution in [2.45, 2.75) is 25.9 Å². The molecule has 0 fully saturated rings. The molecule has 0 radical (unpaired) electrons. The molecule has 0 spiro atoms. The van der Waals surface area contributed by atoms with E-state index in [1.165, 1.54) is 16.7 Å². The van der Waals surface area contributed by atoms with Crippen LogP contribution in [0.25, 0.3) is 0 Å². The molecule has 1 aliphatic carbocycles. The minimum absolute atomic E-state index is 0. The Morgan fingerprint density at radius 3 is 2.52 bits per heavy atom. The summed E-state index contributed by atoms with van der Waals surface area (Å²) in [4.78, 5) is 0. The number of anilines is 1. The highest BCUT2D eigenvalue weighted by molar-refractivity contribution is 5.85. The zero-order valence-corrected chi connectivity index (χ0v) is 13.7. The minimum atomic E-state index is 0. The first-order valence-corrected chi connectivity index (χ1v) is 6.89. The van der Waals surface area contributed by atoms with Crippen LogP contribution in [-0.2, 0) is 13.0 Å². The maximum Gasteiger partial charge on any atom is 0.0354 e. The van der Waals surface area contributed by atoms with Gasteiger partial charge in [-0.15, -0.1) is 24.8 Å². The van der Waals surface area contributed by atoms with E-state index in [1.54, 1.807) is 0 Å². The van der Waals surface area contributed by atoms with Crippen molar-refractivity contribution >= 4 is 30.5 Å². The molecular formula is C17H22Cl2N2. The molecular weight excluding hydrogens is 303 g/mol. The highest BCUT2D eigenvalue weighted by Crippen LogP contribution is 2.36. The van der Waals surface area contributed by atoms with Gasteiger partial charge in [0.05, 0.1) is 0 Å². The monoisotopic (exact) mass is 324 g/mol. The van der Waals surface area contributed by atoms with Crippen molar-refractivity contribution in [3.63, 3.8) is 0 Å². The zero-order valence-electron chi connectivity index (χ0n) is 12.1. The summed E-state index contributed by atoms with van der Waals surface area (Å²) in [6, 6.07) is 17.3. The Morgan fingerprint density at radius 2 is 1.81 bits per heavy atom. The normalized spacial score (nSPS) is 19.3. The number of halogens is 2. The van der Waals surface area contributed by atoms with Gasteiger partial charge in [0.25, 0.3) is 0 Å². The van der Waals surface area contributed by atoms with Gasteiger partial charge in [0.15, 0.2) is 0 Å². The number of nitrogens with one attached hydrogen (secondary N) is 1. The third-order valence-electron chi connectivity index (χ3n) is 3.98. The van der Waals surface area contributed by atoms with Crippen LogP contribution in [0.2, 0.25) is 0 Å². The van der Waals surface area contributed by atoms with Crippen molar-refractivity contribution in [1.82, 2.24) is 5.32 Å². The number of hydrogen-bond acceptors (Lipinski definition) is 2. The van der Waals surface area contributed by atoms with Crippen LogP contribution in [0.15, 0.2) is 48.5 Å². The first-order valence-electron chi connectivity index (χ1n) is 6.89. The van der Waals surface area contributed by atoms with Crippen LogP contribution >= 0.6 is 24.8 Å². The quantitative estimate of drug-likeness (QED) is 0.833. The third kappa shape index (κ3) is 3.91. The number of benzene rings is 2. The predicted molar refractivity (Wildman–Crippen MR) is 94.2 cm³/mol. The van der Waals surface area contributed by atoms with Crippen LogP contribution in [0.5, 0.6) is 0 Å². The average molecular weight is 325 g/mol. The molecule has 0 aromatic heterocycles. The van der Waals surface area contributed by atoms with Crippen LogP contribution < -0.4 is 11.1 Å². The Bertz CT molecular complexity index is 572. The van der Waals surface area contributed by atoms with Gasteiger partial charge in [-0.1, -0.05) is 43.3 Å². The van der Waals surface area contributed by atoms with Gasteiger partial charge in [-0.3, -0.25) is 0 Å². The summed E-state index contributed by atoms with van der Waals surface area (Å²) in [7, 11) is 0. The van der Waals surface area contributed by atoms with Gasteiger partial charge in [0, 0.05) is 18.3 Å². The summed E-state index contributed by atoms with van der Waals surface area (Å²) in [6.07, 6.45) is 1.12. The Kier molecular flexibility index (Phi) is 6.53. The molecule has 0 saturated carbocycles. The molecule has 2 nitrogen and oxygen atoms in total.